The molecule has 142 valence electrons. The molecule has 1 aromatic carbocycles. The summed E-state index contributed by atoms with van der Waals surface area (Å²) in [6, 6.07) is 7.26. The van der Waals surface area contributed by atoms with Crippen LogP contribution < -0.4 is 10.0 Å². The average molecular weight is 396 g/mol. The highest BCUT2D eigenvalue weighted by molar-refractivity contribution is 7.92. The van der Waals surface area contributed by atoms with Crippen molar-refractivity contribution in [3.8, 4) is 0 Å². The van der Waals surface area contributed by atoms with Crippen LogP contribution in [-0.2, 0) is 23.1 Å². The molecule has 0 radical (unpaired) electrons. The SMILES string of the molecule is CCNC(=NCc1ccccc1NS(C)(=O)=O)N(C)Cc1csc(C)n1. The average Bonchev–Trinajstić information content (AvgIpc) is 2.96. The van der Waals surface area contributed by atoms with Gasteiger partial charge in [0.1, 0.15) is 0 Å². The number of benzene rings is 1. The largest absolute Gasteiger partial charge is 0.357 e. The summed E-state index contributed by atoms with van der Waals surface area (Å²) in [5, 5.41) is 6.34. The maximum absolute atomic E-state index is 11.5. The summed E-state index contributed by atoms with van der Waals surface area (Å²) in [6.45, 7) is 5.75. The normalized spacial score (nSPS) is 12.1. The molecule has 0 aliphatic carbocycles. The Bertz CT molecular complexity index is 862. The van der Waals surface area contributed by atoms with Gasteiger partial charge in [-0.3, -0.25) is 4.72 Å². The number of para-hydroxylation sites is 1. The molecule has 0 aliphatic heterocycles. The summed E-state index contributed by atoms with van der Waals surface area (Å²) < 4.78 is 25.6. The van der Waals surface area contributed by atoms with E-state index in [-0.39, 0.29) is 0 Å². The molecule has 7 nitrogen and oxygen atoms in total. The van der Waals surface area contributed by atoms with Crippen molar-refractivity contribution in [1.29, 1.82) is 0 Å². The third kappa shape index (κ3) is 6.30. The quantitative estimate of drug-likeness (QED) is 0.555. The van der Waals surface area contributed by atoms with Crippen molar-refractivity contribution in [1.82, 2.24) is 15.2 Å². The van der Waals surface area contributed by atoms with Gasteiger partial charge in [-0.25, -0.2) is 18.4 Å². The van der Waals surface area contributed by atoms with Crippen LogP contribution in [-0.4, -0.2) is 44.1 Å². The van der Waals surface area contributed by atoms with Gasteiger partial charge in [0.25, 0.3) is 0 Å². The molecular formula is C17H25N5O2S2. The van der Waals surface area contributed by atoms with E-state index < -0.39 is 10.0 Å². The van der Waals surface area contributed by atoms with E-state index in [0.717, 1.165) is 35.0 Å². The third-order valence-electron chi connectivity index (χ3n) is 3.47. The lowest BCUT2D eigenvalue weighted by Crippen LogP contribution is -2.38. The van der Waals surface area contributed by atoms with Crippen molar-refractivity contribution in [2.75, 3.05) is 24.6 Å². The molecule has 2 rings (SSSR count). The monoisotopic (exact) mass is 395 g/mol. The Morgan fingerprint density at radius 1 is 1.35 bits per heavy atom. The molecule has 0 atom stereocenters. The predicted molar refractivity (Wildman–Crippen MR) is 108 cm³/mol. The van der Waals surface area contributed by atoms with Gasteiger partial charge in [-0.15, -0.1) is 11.3 Å². The molecule has 1 heterocycles. The zero-order valence-electron chi connectivity index (χ0n) is 15.5. The van der Waals surface area contributed by atoms with Crippen LogP contribution in [0.5, 0.6) is 0 Å². The van der Waals surface area contributed by atoms with E-state index in [1.54, 1.807) is 23.5 Å². The number of rotatable bonds is 7. The highest BCUT2D eigenvalue weighted by atomic mass is 32.2. The number of sulfonamides is 1. The van der Waals surface area contributed by atoms with Crippen molar-refractivity contribution in [3.05, 3.63) is 45.9 Å². The Morgan fingerprint density at radius 3 is 2.69 bits per heavy atom. The number of hydrogen-bond acceptors (Lipinski definition) is 5. The summed E-state index contributed by atoms with van der Waals surface area (Å²) >= 11 is 1.63. The van der Waals surface area contributed by atoms with Gasteiger partial charge >= 0.3 is 0 Å². The van der Waals surface area contributed by atoms with E-state index in [0.29, 0.717) is 18.8 Å². The van der Waals surface area contributed by atoms with E-state index in [1.807, 2.05) is 43.3 Å². The third-order valence-corrected chi connectivity index (χ3v) is 4.89. The summed E-state index contributed by atoms with van der Waals surface area (Å²) in [4.78, 5) is 11.1. The van der Waals surface area contributed by atoms with Gasteiger partial charge in [0.05, 0.1) is 35.7 Å². The maximum atomic E-state index is 11.5. The van der Waals surface area contributed by atoms with Gasteiger partial charge in [-0.1, -0.05) is 18.2 Å². The fraction of sp³-hybridized carbons (Fsp3) is 0.412. The van der Waals surface area contributed by atoms with Crippen molar-refractivity contribution in [2.45, 2.75) is 26.9 Å². The highest BCUT2D eigenvalue weighted by Crippen LogP contribution is 2.17. The van der Waals surface area contributed by atoms with E-state index in [2.05, 4.69) is 20.0 Å². The molecule has 0 aliphatic rings. The van der Waals surface area contributed by atoms with Crippen molar-refractivity contribution in [2.24, 2.45) is 4.99 Å². The lowest BCUT2D eigenvalue weighted by Gasteiger charge is -2.21. The van der Waals surface area contributed by atoms with E-state index in [4.69, 9.17) is 0 Å². The molecule has 0 unspecified atom stereocenters. The van der Waals surface area contributed by atoms with Crippen LogP contribution in [0.25, 0.3) is 0 Å². The topological polar surface area (TPSA) is 86.7 Å². The van der Waals surface area contributed by atoms with Gasteiger partial charge in [0, 0.05) is 19.0 Å². The first kappa shape index (κ1) is 20.2. The van der Waals surface area contributed by atoms with Crippen molar-refractivity contribution >= 4 is 33.0 Å². The molecule has 0 saturated carbocycles. The minimum Gasteiger partial charge on any atom is -0.357 e. The number of hydrogen-bond donors (Lipinski definition) is 2. The number of guanidine groups is 1. The molecule has 26 heavy (non-hydrogen) atoms. The summed E-state index contributed by atoms with van der Waals surface area (Å²) in [5.74, 6) is 0.743. The molecule has 0 saturated heterocycles. The fourth-order valence-corrected chi connectivity index (χ4v) is 3.59. The van der Waals surface area contributed by atoms with E-state index >= 15 is 0 Å². The van der Waals surface area contributed by atoms with Crippen LogP contribution in [0.2, 0.25) is 0 Å². The van der Waals surface area contributed by atoms with Crippen LogP contribution in [0.15, 0.2) is 34.6 Å². The van der Waals surface area contributed by atoms with Crippen LogP contribution in [0.4, 0.5) is 5.69 Å². The van der Waals surface area contributed by atoms with Crippen LogP contribution in [0.3, 0.4) is 0 Å². The van der Waals surface area contributed by atoms with E-state index in [1.165, 1.54) is 0 Å². The van der Waals surface area contributed by atoms with Gasteiger partial charge in [0.2, 0.25) is 10.0 Å². The van der Waals surface area contributed by atoms with Crippen molar-refractivity contribution < 1.29 is 8.42 Å². The number of nitrogens with one attached hydrogen (secondary N) is 2. The number of anilines is 1. The Kier molecular flexibility index (Phi) is 6.98. The lowest BCUT2D eigenvalue weighted by atomic mass is 10.2. The maximum Gasteiger partial charge on any atom is 0.229 e. The summed E-state index contributed by atoms with van der Waals surface area (Å²) in [6.07, 6.45) is 1.14. The summed E-state index contributed by atoms with van der Waals surface area (Å²) in [5.41, 5.74) is 2.36. The minimum atomic E-state index is -3.33. The highest BCUT2D eigenvalue weighted by Gasteiger charge is 2.10. The fourth-order valence-electron chi connectivity index (χ4n) is 2.39. The Morgan fingerprint density at radius 2 is 2.08 bits per heavy atom. The zero-order valence-corrected chi connectivity index (χ0v) is 17.1. The predicted octanol–water partition coefficient (Wildman–Crippen LogP) is 2.42. The first-order chi connectivity index (χ1) is 12.3. The second-order valence-corrected chi connectivity index (χ2v) is 8.73. The van der Waals surface area contributed by atoms with Crippen LogP contribution >= 0.6 is 11.3 Å². The molecule has 1 aromatic heterocycles. The zero-order chi connectivity index (χ0) is 19.2. The lowest BCUT2D eigenvalue weighted by molar-refractivity contribution is 0.471. The molecule has 0 amide bonds. The smallest absolute Gasteiger partial charge is 0.229 e. The van der Waals surface area contributed by atoms with E-state index in [9.17, 15) is 8.42 Å². The van der Waals surface area contributed by atoms with Gasteiger partial charge in [-0.05, 0) is 25.5 Å². The first-order valence-electron chi connectivity index (χ1n) is 8.24. The minimum absolute atomic E-state index is 0.363. The second-order valence-electron chi connectivity index (χ2n) is 5.92. The molecule has 0 fully saturated rings. The second kappa shape index (κ2) is 9.00. The molecular weight excluding hydrogens is 370 g/mol. The molecule has 2 aromatic rings. The van der Waals surface area contributed by atoms with Crippen molar-refractivity contribution in [3.63, 3.8) is 0 Å². The molecule has 2 N–H and O–H groups in total. The number of nitrogens with zero attached hydrogens (tertiary/aromatic N) is 3. The molecule has 9 heteroatoms. The van der Waals surface area contributed by atoms with Crippen LogP contribution in [0.1, 0.15) is 23.2 Å². The number of thiazole rings is 1. The van der Waals surface area contributed by atoms with Gasteiger partial charge < -0.3 is 10.2 Å². The molecule has 0 bridgehead atoms. The number of aromatic nitrogens is 1. The Labute approximate surface area is 159 Å². The number of aryl methyl sites for hydroxylation is 1. The van der Waals surface area contributed by atoms with Gasteiger partial charge in [-0.2, -0.15) is 0 Å². The first-order valence-corrected chi connectivity index (χ1v) is 11.0. The van der Waals surface area contributed by atoms with Gasteiger partial charge in [0.15, 0.2) is 5.96 Å². The standard InChI is InChI=1S/C17H25N5O2S2/c1-5-18-17(22(3)11-15-12-25-13(2)20-15)19-10-14-8-6-7-9-16(14)21-26(4,23)24/h6-9,12,21H,5,10-11H2,1-4H3,(H,18,19). The number of aliphatic imine (C=N–C) groups is 1. The Hall–Kier alpha value is -2.13. The molecule has 0 spiro atoms. The van der Waals surface area contributed by atoms with Crippen LogP contribution in [0, 0.1) is 6.92 Å². The Balaban J connectivity index is 2.16. The summed E-state index contributed by atoms with van der Waals surface area (Å²) in [7, 11) is -1.38.